The number of epoxide rings is 1. The van der Waals surface area contributed by atoms with Crippen molar-refractivity contribution in [3.05, 3.63) is 23.6 Å². The Hall–Kier alpha value is -1.51. The molecule has 8 heteroatoms. The molecule has 5 aliphatic rings. The largest absolute Gasteiger partial charge is 0.449 e. The summed E-state index contributed by atoms with van der Waals surface area (Å²) in [6.07, 6.45) is 4.60. The summed E-state index contributed by atoms with van der Waals surface area (Å²) in [5.41, 5.74) is -2.96. The number of thioether (sulfide) groups is 1. The third-order valence-corrected chi connectivity index (χ3v) is 10.2. The Morgan fingerprint density at radius 1 is 1.33 bits per heavy atom. The van der Waals surface area contributed by atoms with Gasteiger partial charge in [0, 0.05) is 41.9 Å². The van der Waals surface area contributed by atoms with Gasteiger partial charge in [-0.1, -0.05) is 38.6 Å². The summed E-state index contributed by atoms with van der Waals surface area (Å²) < 4.78 is 28.0. The quantitative estimate of drug-likeness (QED) is 0.372. The predicted molar refractivity (Wildman–Crippen MR) is 120 cm³/mol. The highest BCUT2D eigenvalue weighted by Gasteiger charge is 2.83. The number of hydrogen-bond acceptors (Lipinski definition) is 7. The van der Waals surface area contributed by atoms with Crippen LogP contribution < -0.4 is 0 Å². The van der Waals surface area contributed by atoms with E-state index in [0.717, 1.165) is 11.8 Å². The first-order valence-corrected chi connectivity index (χ1v) is 12.8. The zero-order valence-electron chi connectivity index (χ0n) is 19.5. The Labute approximate surface area is 197 Å². The molecule has 4 aliphatic carbocycles. The van der Waals surface area contributed by atoms with E-state index in [4.69, 9.17) is 9.47 Å². The molecule has 33 heavy (non-hydrogen) atoms. The van der Waals surface area contributed by atoms with Crippen LogP contribution in [0.4, 0.5) is 4.39 Å². The number of hydrogen-bond donors (Lipinski definition) is 1. The number of esters is 1. The molecule has 0 radical (unpaired) electrons. The van der Waals surface area contributed by atoms with Crippen LogP contribution in [-0.4, -0.2) is 45.2 Å². The number of fused-ring (bicyclic) bond motifs is 3. The molecule has 1 heterocycles. The van der Waals surface area contributed by atoms with E-state index < -0.39 is 33.9 Å². The highest BCUT2D eigenvalue weighted by molar-refractivity contribution is 8.13. The van der Waals surface area contributed by atoms with Crippen molar-refractivity contribution in [2.24, 2.45) is 28.6 Å². The van der Waals surface area contributed by atoms with Gasteiger partial charge in [-0.3, -0.25) is 14.4 Å². The standard InChI is InChI=1S/C25H31FO6S/c1-5-20(29)32-24(21(30)33-12-27)13(2)8-15-16-10-18(26)17-9-14(28)6-7-22(17,3)25(16)19(31-25)11-23(15,24)4/h6-7,13,15-16,19,27H,5,8-12H2,1-4H3/t13-,15?,16?,19+,22?,23?,24?,25-/m1/s1. The van der Waals surface area contributed by atoms with E-state index in [0.29, 0.717) is 18.4 Å². The lowest BCUT2D eigenvalue weighted by Crippen LogP contribution is -2.62. The zero-order chi connectivity index (χ0) is 24.0. The van der Waals surface area contributed by atoms with Crippen LogP contribution in [0.15, 0.2) is 23.6 Å². The maximum Gasteiger partial charge on any atom is 0.306 e. The van der Waals surface area contributed by atoms with Crippen LogP contribution in [0.2, 0.25) is 0 Å². The fraction of sp³-hybridized carbons (Fsp3) is 0.720. The van der Waals surface area contributed by atoms with Crippen LogP contribution in [0.5, 0.6) is 0 Å². The van der Waals surface area contributed by atoms with Gasteiger partial charge in [-0.2, -0.15) is 0 Å². The van der Waals surface area contributed by atoms with Gasteiger partial charge in [0.1, 0.15) is 11.4 Å². The third kappa shape index (κ3) is 2.66. The van der Waals surface area contributed by atoms with Gasteiger partial charge < -0.3 is 14.6 Å². The van der Waals surface area contributed by atoms with Crippen LogP contribution >= 0.6 is 11.8 Å². The molecule has 3 fully saturated rings. The van der Waals surface area contributed by atoms with Gasteiger partial charge in [0.15, 0.2) is 11.4 Å². The number of allylic oxidation sites excluding steroid dienone is 2. The number of ketones is 1. The first-order valence-electron chi connectivity index (χ1n) is 11.8. The van der Waals surface area contributed by atoms with E-state index in [1.54, 1.807) is 13.0 Å². The minimum absolute atomic E-state index is 0.0748. The summed E-state index contributed by atoms with van der Waals surface area (Å²) in [5.74, 6) is -1.81. The van der Waals surface area contributed by atoms with Gasteiger partial charge in [-0.15, -0.1) is 0 Å². The monoisotopic (exact) mass is 478 g/mol. The molecule has 180 valence electrons. The highest BCUT2D eigenvalue weighted by atomic mass is 32.2. The Balaban J connectivity index is 1.63. The van der Waals surface area contributed by atoms with E-state index >= 15 is 4.39 Å². The summed E-state index contributed by atoms with van der Waals surface area (Å²) in [6.45, 7) is 7.55. The highest BCUT2D eigenvalue weighted by Crippen LogP contribution is 2.77. The van der Waals surface area contributed by atoms with E-state index in [9.17, 15) is 19.5 Å². The van der Waals surface area contributed by atoms with Crippen molar-refractivity contribution in [1.82, 2.24) is 0 Å². The van der Waals surface area contributed by atoms with Crippen molar-refractivity contribution >= 4 is 28.6 Å². The average Bonchev–Trinajstić information content (AvgIpc) is 3.44. The normalized spacial score (nSPS) is 47.4. The molecule has 0 aromatic heterocycles. The van der Waals surface area contributed by atoms with Gasteiger partial charge in [0.2, 0.25) is 5.12 Å². The lowest BCUT2D eigenvalue weighted by molar-refractivity contribution is -0.187. The molecule has 1 N–H and O–H groups in total. The van der Waals surface area contributed by atoms with Gasteiger partial charge >= 0.3 is 5.97 Å². The van der Waals surface area contributed by atoms with Crippen molar-refractivity contribution in [1.29, 1.82) is 0 Å². The molecule has 2 saturated carbocycles. The fourth-order valence-electron chi connectivity index (χ4n) is 8.05. The van der Waals surface area contributed by atoms with Gasteiger partial charge in [0.25, 0.3) is 0 Å². The van der Waals surface area contributed by atoms with Crippen molar-refractivity contribution in [2.75, 3.05) is 5.94 Å². The van der Waals surface area contributed by atoms with Crippen LogP contribution in [-0.2, 0) is 23.9 Å². The predicted octanol–water partition coefficient (Wildman–Crippen LogP) is 3.87. The number of rotatable bonds is 4. The van der Waals surface area contributed by atoms with Gasteiger partial charge in [-0.05, 0) is 37.3 Å². The number of carbonyl (C=O) groups excluding carboxylic acids is 3. The SMILES string of the molecule is CCC(=O)OC1(C(=O)SCO)[C@H](C)CC2C3CC(F)=C4CC(=O)C=CC4(C)[C@@]34O[C@H]4CC21C. The Kier molecular flexibility index (Phi) is 5.10. The number of aliphatic hydroxyl groups is 1. The van der Waals surface area contributed by atoms with Gasteiger partial charge in [0.05, 0.1) is 12.0 Å². The lowest BCUT2D eigenvalue weighted by Gasteiger charge is -2.55. The van der Waals surface area contributed by atoms with Crippen LogP contribution in [0.25, 0.3) is 0 Å². The van der Waals surface area contributed by atoms with E-state index in [1.165, 1.54) is 0 Å². The number of carbonyl (C=O) groups is 3. The Morgan fingerprint density at radius 2 is 2.06 bits per heavy atom. The first-order chi connectivity index (χ1) is 15.5. The molecule has 6 nitrogen and oxygen atoms in total. The molecule has 0 aromatic rings. The van der Waals surface area contributed by atoms with E-state index in [2.05, 4.69) is 0 Å². The maximum absolute atomic E-state index is 15.6. The molecule has 8 atom stereocenters. The van der Waals surface area contributed by atoms with E-state index in [-0.39, 0.29) is 59.8 Å². The number of ether oxygens (including phenoxy) is 2. The molecular formula is C25H31FO6S. The van der Waals surface area contributed by atoms with Crippen molar-refractivity contribution < 1.29 is 33.4 Å². The molecule has 5 unspecified atom stereocenters. The number of halogens is 1. The minimum atomic E-state index is -1.41. The smallest absolute Gasteiger partial charge is 0.306 e. The van der Waals surface area contributed by atoms with Crippen molar-refractivity contribution in [3.63, 3.8) is 0 Å². The topological polar surface area (TPSA) is 93.2 Å². The van der Waals surface area contributed by atoms with Crippen LogP contribution in [0.1, 0.15) is 59.8 Å². The second-order valence-electron chi connectivity index (χ2n) is 10.8. The molecule has 5 rings (SSSR count). The second-order valence-corrected chi connectivity index (χ2v) is 11.7. The summed E-state index contributed by atoms with van der Waals surface area (Å²) in [7, 11) is 0. The molecule has 0 amide bonds. The average molecular weight is 479 g/mol. The zero-order valence-corrected chi connectivity index (χ0v) is 20.3. The summed E-state index contributed by atoms with van der Waals surface area (Å²) in [5, 5.41) is 9.17. The second kappa shape index (κ2) is 7.25. The summed E-state index contributed by atoms with van der Waals surface area (Å²) >= 11 is 0.765. The maximum atomic E-state index is 15.6. The van der Waals surface area contributed by atoms with Crippen LogP contribution in [0.3, 0.4) is 0 Å². The van der Waals surface area contributed by atoms with E-state index in [1.807, 2.05) is 26.8 Å². The van der Waals surface area contributed by atoms with Crippen LogP contribution in [0, 0.1) is 28.6 Å². The third-order valence-electron chi connectivity index (χ3n) is 9.55. The molecule has 1 spiro atoms. The minimum Gasteiger partial charge on any atom is -0.449 e. The molecule has 0 aromatic carbocycles. The Bertz CT molecular complexity index is 1010. The number of aliphatic hydroxyl groups excluding tert-OH is 1. The summed E-state index contributed by atoms with van der Waals surface area (Å²) in [4.78, 5) is 38.1. The van der Waals surface area contributed by atoms with Crippen molar-refractivity contribution in [3.8, 4) is 0 Å². The van der Waals surface area contributed by atoms with Gasteiger partial charge in [-0.25, -0.2) is 4.39 Å². The first kappa shape index (κ1) is 23.2. The lowest BCUT2D eigenvalue weighted by atomic mass is 9.47. The molecule has 1 aliphatic heterocycles. The molecule has 0 bridgehead atoms. The van der Waals surface area contributed by atoms with Crippen molar-refractivity contribution in [2.45, 2.75) is 77.1 Å². The Morgan fingerprint density at radius 3 is 2.73 bits per heavy atom. The molecular weight excluding hydrogens is 447 g/mol. The fourth-order valence-corrected chi connectivity index (χ4v) is 8.85. The summed E-state index contributed by atoms with van der Waals surface area (Å²) in [6, 6.07) is 0. The molecule has 1 saturated heterocycles.